The Morgan fingerprint density at radius 3 is 1.82 bits per heavy atom. The molecule has 0 aliphatic rings. The van der Waals surface area contributed by atoms with Crippen molar-refractivity contribution in [3.05, 3.63) is 182 Å². The Kier molecular flexibility index (Phi) is 6.83. The molecule has 12 rings (SSSR count). The average molecular weight is 731 g/mol. The van der Waals surface area contributed by atoms with E-state index in [2.05, 4.69) is 144 Å². The Hall–Kier alpha value is -7.83. The zero-order valence-electron chi connectivity index (χ0n) is 30.4. The first-order valence-corrected chi connectivity index (χ1v) is 19.0. The van der Waals surface area contributed by atoms with Crippen molar-refractivity contribution >= 4 is 65.7 Å². The Morgan fingerprint density at radius 1 is 0.368 bits per heavy atom. The smallest absolute Gasteiger partial charge is 0.167 e. The van der Waals surface area contributed by atoms with Crippen molar-refractivity contribution in [3.63, 3.8) is 0 Å². The summed E-state index contributed by atoms with van der Waals surface area (Å²) in [6.07, 6.45) is 0. The molecule has 266 valence electrons. The van der Waals surface area contributed by atoms with Crippen LogP contribution in [0.1, 0.15) is 0 Å². The van der Waals surface area contributed by atoms with Gasteiger partial charge >= 0.3 is 0 Å². The summed E-state index contributed by atoms with van der Waals surface area (Å²) in [5, 5.41) is 6.46. The van der Waals surface area contributed by atoms with E-state index in [1.807, 2.05) is 42.5 Å². The minimum Gasteiger partial charge on any atom is -0.456 e. The van der Waals surface area contributed by atoms with Crippen LogP contribution in [0, 0.1) is 0 Å². The second-order valence-corrected chi connectivity index (χ2v) is 14.4. The van der Waals surface area contributed by atoms with Crippen molar-refractivity contribution in [3.8, 4) is 51.0 Å². The van der Waals surface area contributed by atoms with Crippen LogP contribution < -0.4 is 0 Å². The second-order valence-electron chi connectivity index (χ2n) is 14.4. The minimum atomic E-state index is 0.531. The van der Waals surface area contributed by atoms with Crippen LogP contribution in [-0.4, -0.2) is 19.5 Å². The van der Waals surface area contributed by atoms with Gasteiger partial charge in [0.1, 0.15) is 22.3 Å². The van der Waals surface area contributed by atoms with Crippen molar-refractivity contribution in [1.29, 1.82) is 0 Å². The molecule has 0 spiro atoms. The third-order valence-electron chi connectivity index (χ3n) is 11.1. The molecule has 0 atom stereocenters. The Morgan fingerprint density at radius 2 is 0.982 bits per heavy atom. The van der Waals surface area contributed by atoms with Gasteiger partial charge in [0.15, 0.2) is 17.5 Å². The highest BCUT2D eigenvalue weighted by atomic mass is 16.3. The molecular weight excluding hydrogens is 701 g/mol. The van der Waals surface area contributed by atoms with E-state index in [9.17, 15) is 0 Å². The molecule has 0 aliphatic heterocycles. The van der Waals surface area contributed by atoms with Crippen molar-refractivity contribution in [2.24, 2.45) is 0 Å². The molecule has 6 nitrogen and oxygen atoms in total. The van der Waals surface area contributed by atoms with E-state index in [0.29, 0.717) is 17.5 Å². The van der Waals surface area contributed by atoms with Gasteiger partial charge in [0.05, 0.1) is 22.0 Å². The summed E-state index contributed by atoms with van der Waals surface area (Å²) in [6.45, 7) is 0. The lowest BCUT2D eigenvalue weighted by Crippen LogP contribution is -2.00. The number of hydrogen-bond donors (Lipinski definition) is 0. The van der Waals surface area contributed by atoms with Crippen LogP contribution in [0.25, 0.3) is 117 Å². The van der Waals surface area contributed by atoms with Crippen LogP contribution in [0.3, 0.4) is 0 Å². The highest BCUT2D eigenvalue weighted by Gasteiger charge is 2.22. The molecule has 0 saturated carbocycles. The fraction of sp³-hybridized carbons (Fsp3) is 0. The monoisotopic (exact) mass is 730 g/mol. The van der Waals surface area contributed by atoms with Crippen LogP contribution in [0.4, 0.5) is 0 Å². The van der Waals surface area contributed by atoms with E-state index in [4.69, 9.17) is 23.8 Å². The van der Waals surface area contributed by atoms with Gasteiger partial charge in [-0.2, -0.15) is 0 Å². The molecule has 0 radical (unpaired) electrons. The van der Waals surface area contributed by atoms with Crippen LogP contribution in [-0.2, 0) is 0 Å². The van der Waals surface area contributed by atoms with Gasteiger partial charge in [0.2, 0.25) is 0 Å². The normalized spacial score (nSPS) is 11.9. The van der Waals surface area contributed by atoms with E-state index < -0.39 is 0 Å². The molecule has 8 aromatic carbocycles. The molecule has 0 saturated heterocycles. The highest BCUT2D eigenvalue weighted by Crippen LogP contribution is 2.43. The summed E-state index contributed by atoms with van der Waals surface area (Å²) < 4.78 is 15.4. The fourth-order valence-corrected chi connectivity index (χ4v) is 8.42. The van der Waals surface area contributed by atoms with Crippen molar-refractivity contribution in [1.82, 2.24) is 19.5 Å². The van der Waals surface area contributed by atoms with E-state index in [-0.39, 0.29) is 0 Å². The van der Waals surface area contributed by atoms with E-state index in [1.54, 1.807) is 0 Å². The van der Waals surface area contributed by atoms with Crippen LogP contribution in [0.5, 0.6) is 0 Å². The van der Waals surface area contributed by atoms with Gasteiger partial charge in [-0.1, -0.05) is 121 Å². The van der Waals surface area contributed by atoms with Crippen LogP contribution in [0.2, 0.25) is 0 Å². The standard InChI is InChI=1S/C51H30N4O2/c1-3-12-31(13-4-1)32-22-24-33(25-23-32)49-52-50(34-26-28-44-41(30-34)37-17-8-10-21-43(37)56-44)54-51(53-49)40-19-11-18-39-46-45(57-48(39)40)29-27-38-36-16-7-9-20-42(36)55(47(38)46)35-14-5-2-6-15-35/h1-30H. The molecule has 4 aromatic heterocycles. The number of nitrogens with zero attached hydrogens (tertiary/aromatic N) is 4. The summed E-state index contributed by atoms with van der Waals surface area (Å²) >= 11 is 0. The molecule has 12 aromatic rings. The van der Waals surface area contributed by atoms with E-state index >= 15 is 0 Å². The average Bonchev–Trinajstić information content (AvgIpc) is 3.96. The van der Waals surface area contributed by atoms with Gasteiger partial charge in [-0.15, -0.1) is 0 Å². The predicted molar refractivity (Wildman–Crippen MR) is 230 cm³/mol. The number of aromatic nitrogens is 4. The van der Waals surface area contributed by atoms with E-state index in [0.717, 1.165) is 88.4 Å². The summed E-state index contributed by atoms with van der Waals surface area (Å²) in [4.78, 5) is 15.5. The predicted octanol–water partition coefficient (Wildman–Crippen LogP) is 13.4. The van der Waals surface area contributed by atoms with Crippen LogP contribution in [0.15, 0.2) is 191 Å². The molecule has 57 heavy (non-hydrogen) atoms. The van der Waals surface area contributed by atoms with Gasteiger partial charge in [-0.25, -0.2) is 15.0 Å². The summed E-state index contributed by atoms with van der Waals surface area (Å²) in [6, 6.07) is 62.6. The lowest BCUT2D eigenvalue weighted by molar-refractivity contribution is 0.669. The Balaban J connectivity index is 1.10. The maximum absolute atomic E-state index is 6.86. The number of fused-ring (bicyclic) bond motifs is 10. The summed E-state index contributed by atoms with van der Waals surface area (Å²) in [5.41, 5.74) is 11.3. The van der Waals surface area contributed by atoms with E-state index in [1.165, 1.54) is 10.8 Å². The maximum atomic E-state index is 6.86. The number of furan rings is 2. The van der Waals surface area contributed by atoms with Gasteiger partial charge in [0, 0.05) is 43.7 Å². The van der Waals surface area contributed by atoms with Crippen molar-refractivity contribution in [2.75, 3.05) is 0 Å². The Labute approximate surface area is 325 Å². The third-order valence-corrected chi connectivity index (χ3v) is 11.1. The molecule has 0 aliphatic carbocycles. The fourth-order valence-electron chi connectivity index (χ4n) is 8.42. The van der Waals surface area contributed by atoms with Crippen LogP contribution >= 0.6 is 0 Å². The number of para-hydroxylation sites is 4. The van der Waals surface area contributed by atoms with Gasteiger partial charge < -0.3 is 13.4 Å². The molecule has 0 bridgehead atoms. The first-order valence-electron chi connectivity index (χ1n) is 19.0. The minimum absolute atomic E-state index is 0.531. The third kappa shape index (κ3) is 4.94. The number of rotatable bonds is 5. The number of hydrogen-bond acceptors (Lipinski definition) is 5. The molecule has 6 heteroatoms. The Bertz CT molecular complexity index is 3510. The summed E-state index contributed by atoms with van der Waals surface area (Å²) in [5.74, 6) is 1.67. The number of benzene rings is 8. The van der Waals surface area contributed by atoms with Crippen molar-refractivity contribution in [2.45, 2.75) is 0 Å². The molecule has 0 N–H and O–H groups in total. The van der Waals surface area contributed by atoms with Crippen molar-refractivity contribution < 1.29 is 8.83 Å². The zero-order valence-corrected chi connectivity index (χ0v) is 30.4. The second kappa shape index (κ2) is 12.3. The lowest BCUT2D eigenvalue weighted by atomic mass is 10.0. The molecule has 4 heterocycles. The highest BCUT2D eigenvalue weighted by molar-refractivity contribution is 6.25. The lowest BCUT2D eigenvalue weighted by Gasteiger charge is -2.10. The van der Waals surface area contributed by atoms with Gasteiger partial charge in [-0.05, 0) is 71.8 Å². The molecule has 0 fully saturated rings. The molecular formula is C51H30N4O2. The largest absolute Gasteiger partial charge is 0.456 e. The topological polar surface area (TPSA) is 69.9 Å². The first kappa shape index (κ1) is 31.5. The maximum Gasteiger partial charge on any atom is 0.167 e. The first-order chi connectivity index (χ1) is 28.2. The van der Waals surface area contributed by atoms with Gasteiger partial charge in [0.25, 0.3) is 0 Å². The quantitative estimate of drug-likeness (QED) is 0.176. The zero-order chi connectivity index (χ0) is 37.5. The SMILES string of the molecule is c1ccc(-c2ccc(-c3nc(-c4ccc5oc6ccccc6c5c4)nc(-c4cccc5c4oc4ccc6c7ccccc7n(-c7ccccc7)c6c45)n3)cc2)cc1. The molecule has 0 amide bonds. The summed E-state index contributed by atoms with van der Waals surface area (Å²) in [7, 11) is 0. The van der Waals surface area contributed by atoms with Gasteiger partial charge in [-0.3, -0.25) is 0 Å². The molecule has 0 unspecified atom stereocenters.